The van der Waals surface area contributed by atoms with Gasteiger partial charge in [0.1, 0.15) is 17.5 Å². The minimum absolute atomic E-state index is 0.608. The number of aromatic nitrogens is 2. The van der Waals surface area contributed by atoms with Crippen molar-refractivity contribution < 1.29 is 0 Å². The first-order chi connectivity index (χ1) is 7.63. The Morgan fingerprint density at radius 2 is 1.88 bits per heavy atom. The van der Waals surface area contributed by atoms with Crippen LogP contribution in [0.15, 0.2) is 0 Å². The smallest absolute Gasteiger partial charge is 0.137 e. The lowest BCUT2D eigenvalue weighted by atomic mass is 10.2. The molecule has 0 saturated carbocycles. The Labute approximate surface area is 97.9 Å². The molecular weight excluding hydrogens is 200 g/mol. The number of nitrogens with two attached hydrogens (primary N) is 1. The van der Waals surface area contributed by atoms with Crippen molar-refractivity contribution in [2.45, 2.75) is 40.5 Å². The molecule has 2 N–H and O–H groups in total. The van der Waals surface area contributed by atoms with Crippen molar-refractivity contribution in [2.75, 3.05) is 23.7 Å². The van der Waals surface area contributed by atoms with Crippen molar-refractivity contribution in [3.8, 4) is 0 Å². The Balaban J connectivity index is 3.13. The highest BCUT2D eigenvalue weighted by Gasteiger charge is 2.12. The van der Waals surface area contributed by atoms with Crippen LogP contribution in [-0.4, -0.2) is 23.1 Å². The van der Waals surface area contributed by atoms with E-state index in [1.54, 1.807) is 0 Å². The normalized spacial score (nSPS) is 10.5. The predicted octanol–water partition coefficient (Wildman–Crippen LogP) is 2.17. The minimum atomic E-state index is 0.608. The molecule has 0 aromatic carbocycles. The van der Waals surface area contributed by atoms with Crippen LogP contribution >= 0.6 is 0 Å². The highest BCUT2D eigenvalue weighted by molar-refractivity contribution is 5.56. The van der Waals surface area contributed by atoms with E-state index in [0.29, 0.717) is 5.82 Å². The molecule has 0 unspecified atom stereocenters. The summed E-state index contributed by atoms with van der Waals surface area (Å²) in [6.45, 7) is 10.3. The van der Waals surface area contributed by atoms with Gasteiger partial charge in [0.05, 0.1) is 0 Å². The molecule has 1 aromatic heterocycles. The zero-order chi connectivity index (χ0) is 12.1. The second kappa shape index (κ2) is 5.68. The molecule has 0 aliphatic rings. The van der Waals surface area contributed by atoms with Gasteiger partial charge in [-0.15, -0.1) is 0 Å². The number of nitrogens with zero attached hydrogens (tertiary/aromatic N) is 3. The van der Waals surface area contributed by atoms with Gasteiger partial charge in [0.25, 0.3) is 0 Å². The van der Waals surface area contributed by atoms with Gasteiger partial charge in [0.15, 0.2) is 0 Å². The zero-order valence-corrected chi connectivity index (χ0v) is 10.7. The Hall–Kier alpha value is -1.32. The van der Waals surface area contributed by atoms with Crippen LogP contribution in [0.2, 0.25) is 0 Å². The summed E-state index contributed by atoms with van der Waals surface area (Å²) in [5, 5.41) is 0. The van der Waals surface area contributed by atoms with Crippen LogP contribution in [-0.2, 0) is 6.42 Å². The van der Waals surface area contributed by atoms with Gasteiger partial charge in [-0.3, -0.25) is 0 Å². The van der Waals surface area contributed by atoms with Crippen LogP contribution < -0.4 is 10.6 Å². The Kier molecular flexibility index (Phi) is 4.52. The summed E-state index contributed by atoms with van der Waals surface area (Å²) in [6.07, 6.45) is 1.93. The molecule has 0 atom stereocenters. The van der Waals surface area contributed by atoms with E-state index in [1.807, 2.05) is 13.8 Å². The number of nitrogen functional groups attached to an aromatic ring is 1. The molecule has 1 heterocycles. The molecule has 0 fully saturated rings. The number of hydrogen-bond acceptors (Lipinski definition) is 4. The maximum absolute atomic E-state index is 5.91. The van der Waals surface area contributed by atoms with Crippen LogP contribution in [0.3, 0.4) is 0 Å². The summed E-state index contributed by atoms with van der Waals surface area (Å²) in [5.74, 6) is 2.43. The highest BCUT2D eigenvalue weighted by Crippen LogP contribution is 2.21. The van der Waals surface area contributed by atoms with Gasteiger partial charge in [-0.25, -0.2) is 9.97 Å². The third-order valence-corrected chi connectivity index (χ3v) is 2.70. The summed E-state index contributed by atoms with van der Waals surface area (Å²) >= 11 is 0. The number of hydrogen-bond donors (Lipinski definition) is 1. The Morgan fingerprint density at radius 1 is 1.19 bits per heavy atom. The standard InChI is InChI=1S/C12H22N4/c1-5-8-16(7-3)12-9(4)11(13)14-10(6-2)15-12/h5-8H2,1-4H3,(H2,13,14,15). The molecule has 16 heavy (non-hydrogen) atoms. The molecule has 0 radical (unpaired) electrons. The third-order valence-electron chi connectivity index (χ3n) is 2.70. The van der Waals surface area contributed by atoms with Crippen molar-refractivity contribution in [3.63, 3.8) is 0 Å². The second-order valence-corrected chi connectivity index (χ2v) is 3.91. The van der Waals surface area contributed by atoms with E-state index in [0.717, 1.165) is 43.1 Å². The van der Waals surface area contributed by atoms with Crippen molar-refractivity contribution in [1.82, 2.24) is 9.97 Å². The minimum Gasteiger partial charge on any atom is -0.383 e. The van der Waals surface area contributed by atoms with E-state index in [1.165, 1.54) is 0 Å². The van der Waals surface area contributed by atoms with Crippen molar-refractivity contribution in [3.05, 3.63) is 11.4 Å². The van der Waals surface area contributed by atoms with Gasteiger partial charge in [-0.2, -0.15) is 0 Å². The summed E-state index contributed by atoms with van der Waals surface area (Å²) in [7, 11) is 0. The molecule has 1 rings (SSSR count). The fourth-order valence-electron chi connectivity index (χ4n) is 1.72. The van der Waals surface area contributed by atoms with Gasteiger partial charge in [0, 0.05) is 25.1 Å². The van der Waals surface area contributed by atoms with E-state index < -0.39 is 0 Å². The SMILES string of the molecule is CCCN(CC)c1nc(CC)nc(N)c1C. The van der Waals surface area contributed by atoms with Gasteiger partial charge >= 0.3 is 0 Å². The fourth-order valence-corrected chi connectivity index (χ4v) is 1.72. The highest BCUT2D eigenvalue weighted by atomic mass is 15.2. The maximum atomic E-state index is 5.91. The molecule has 0 aliphatic carbocycles. The topological polar surface area (TPSA) is 55.0 Å². The van der Waals surface area contributed by atoms with Gasteiger partial charge in [-0.05, 0) is 20.3 Å². The van der Waals surface area contributed by atoms with Crippen molar-refractivity contribution >= 4 is 11.6 Å². The molecule has 90 valence electrons. The van der Waals surface area contributed by atoms with Crippen LogP contribution in [0.1, 0.15) is 38.6 Å². The van der Waals surface area contributed by atoms with Gasteiger partial charge in [-0.1, -0.05) is 13.8 Å². The van der Waals surface area contributed by atoms with Crippen LogP contribution in [0.25, 0.3) is 0 Å². The third kappa shape index (κ3) is 2.62. The van der Waals surface area contributed by atoms with Gasteiger partial charge in [0.2, 0.25) is 0 Å². The van der Waals surface area contributed by atoms with Crippen molar-refractivity contribution in [1.29, 1.82) is 0 Å². The number of anilines is 2. The molecule has 4 nitrogen and oxygen atoms in total. The lowest BCUT2D eigenvalue weighted by Gasteiger charge is -2.23. The van der Waals surface area contributed by atoms with Crippen LogP contribution in [0.5, 0.6) is 0 Å². The first-order valence-corrected chi connectivity index (χ1v) is 6.01. The maximum Gasteiger partial charge on any atom is 0.137 e. The molecule has 0 bridgehead atoms. The summed E-state index contributed by atoms with van der Waals surface area (Å²) in [5.41, 5.74) is 6.90. The molecule has 0 spiro atoms. The zero-order valence-electron chi connectivity index (χ0n) is 10.7. The average Bonchev–Trinajstić information content (AvgIpc) is 2.29. The average molecular weight is 222 g/mol. The molecule has 0 amide bonds. The summed E-state index contributed by atoms with van der Waals surface area (Å²) < 4.78 is 0. The lowest BCUT2D eigenvalue weighted by Crippen LogP contribution is -2.26. The largest absolute Gasteiger partial charge is 0.383 e. The van der Waals surface area contributed by atoms with E-state index in [2.05, 4.69) is 28.7 Å². The number of rotatable bonds is 5. The Bertz CT molecular complexity index is 349. The Morgan fingerprint density at radius 3 is 2.38 bits per heavy atom. The van der Waals surface area contributed by atoms with E-state index in [9.17, 15) is 0 Å². The molecule has 0 saturated heterocycles. The monoisotopic (exact) mass is 222 g/mol. The quantitative estimate of drug-likeness (QED) is 0.829. The first kappa shape index (κ1) is 12.7. The van der Waals surface area contributed by atoms with E-state index in [-0.39, 0.29) is 0 Å². The number of aryl methyl sites for hydroxylation is 1. The van der Waals surface area contributed by atoms with Crippen LogP contribution in [0, 0.1) is 6.92 Å². The molecular formula is C12H22N4. The van der Waals surface area contributed by atoms with Gasteiger partial charge < -0.3 is 10.6 Å². The first-order valence-electron chi connectivity index (χ1n) is 6.01. The molecule has 1 aromatic rings. The predicted molar refractivity (Wildman–Crippen MR) is 68.7 cm³/mol. The molecule has 4 heteroatoms. The van der Waals surface area contributed by atoms with Crippen LogP contribution in [0.4, 0.5) is 11.6 Å². The summed E-state index contributed by atoms with van der Waals surface area (Å²) in [4.78, 5) is 11.1. The molecule has 0 aliphatic heterocycles. The lowest BCUT2D eigenvalue weighted by molar-refractivity contribution is 0.764. The second-order valence-electron chi connectivity index (χ2n) is 3.91. The fraction of sp³-hybridized carbons (Fsp3) is 0.667. The van der Waals surface area contributed by atoms with E-state index in [4.69, 9.17) is 5.73 Å². The van der Waals surface area contributed by atoms with E-state index >= 15 is 0 Å². The summed E-state index contributed by atoms with van der Waals surface area (Å²) in [6, 6.07) is 0. The van der Waals surface area contributed by atoms with Crippen molar-refractivity contribution in [2.24, 2.45) is 0 Å².